The number of aryl methyl sites for hydroxylation is 4. The number of hydrogen-bond donors (Lipinski definition) is 3. The average molecular weight is 1070 g/mol. The molecule has 6 aromatic heterocycles. The van der Waals surface area contributed by atoms with Crippen molar-refractivity contribution in [3.63, 3.8) is 0 Å². The van der Waals surface area contributed by atoms with Gasteiger partial charge in [0.2, 0.25) is 27.9 Å². The number of carbonyl (C=O) groups excluding carboxylic acids is 3. The molecule has 2 saturated heterocycles. The number of carboxylic acid groups (broad SMARTS) is 1. The van der Waals surface area contributed by atoms with Crippen LogP contribution in [0.2, 0.25) is 0 Å². The number of aromatic nitrogens is 8. The number of nitrogens with two attached hydrogens (primary N) is 1. The van der Waals surface area contributed by atoms with Gasteiger partial charge in [-0.15, -0.1) is 22.7 Å². The number of fused-ring (bicyclic) bond motifs is 2. The van der Waals surface area contributed by atoms with Crippen molar-refractivity contribution in [2.24, 2.45) is 19.8 Å². The molecule has 2 fully saturated rings. The second-order valence-corrected chi connectivity index (χ2v) is 21.0. The van der Waals surface area contributed by atoms with Crippen LogP contribution in [0, 0.1) is 13.8 Å². The van der Waals surface area contributed by atoms with E-state index in [1.807, 2.05) is 111 Å². The van der Waals surface area contributed by atoms with E-state index in [0.29, 0.717) is 11.4 Å². The lowest BCUT2D eigenvalue weighted by molar-refractivity contribution is -0.118. The Balaban J connectivity index is 0.000000153. The maximum Gasteiger partial charge on any atom is 0.365 e. The van der Waals surface area contributed by atoms with Gasteiger partial charge in [0.25, 0.3) is 5.91 Å². The minimum Gasteiger partial charge on any atom is -0.476 e. The Morgan fingerprint density at radius 2 is 1.04 bits per heavy atom. The molecule has 77 heavy (non-hydrogen) atoms. The molecule has 0 saturated carbocycles. The van der Waals surface area contributed by atoms with Gasteiger partial charge in [-0.2, -0.15) is 10.2 Å². The molecule has 3 amide bonds. The fraction of sp³-hybridized carbons (Fsp3) is 0.179. The third-order valence-electron chi connectivity index (χ3n) is 13.2. The van der Waals surface area contributed by atoms with Gasteiger partial charge in [0, 0.05) is 102 Å². The number of anilines is 2. The average Bonchev–Trinajstić information content (AvgIpc) is 4.37. The zero-order chi connectivity index (χ0) is 54.1. The van der Waals surface area contributed by atoms with Crippen molar-refractivity contribution in [1.82, 2.24) is 44.0 Å². The summed E-state index contributed by atoms with van der Waals surface area (Å²) in [5, 5.41) is 22.7. The molecule has 21 heteroatoms. The van der Waals surface area contributed by atoms with Gasteiger partial charge >= 0.3 is 5.97 Å². The van der Waals surface area contributed by atoms with Crippen molar-refractivity contribution in [1.29, 1.82) is 0 Å². The Bertz CT molecular complexity index is 3980. The van der Waals surface area contributed by atoms with Gasteiger partial charge in [0.05, 0.1) is 52.9 Å². The molecule has 10 aromatic rings. The molecule has 19 nitrogen and oxygen atoms in total. The predicted octanol–water partition coefficient (Wildman–Crippen LogP) is 7.44. The van der Waals surface area contributed by atoms with E-state index < -0.39 is 12.0 Å². The van der Waals surface area contributed by atoms with Crippen LogP contribution in [0.4, 0.5) is 11.4 Å². The first-order valence-corrected chi connectivity index (χ1v) is 25.9. The first kappa shape index (κ1) is 51.3. The van der Waals surface area contributed by atoms with Crippen LogP contribution < -0.4 is 32.0 Å². The number of hydrogen-bond acceptors (Lipinski definition) is 13. The highest BCUT2D eigenvalue weighted by Gasteiger charge is 2.43. The molecular weight excluding hydrogens is 1020 g/mol. The summed E-state index contributed by atoms with van der Waals surface area (Å²) < 4.78 is 6.57. The number of aromatic carboxylic acids is 1. The molecule has 0 unspecified atom stereocenters. The van der Waals surface area contributed by atoms with Crippen LogP contribution in [-0.2, 0) is 23.7 Å². The standard InChI is InChI=1S/C28H24N6O3S.C23H21N5O2.C5H5NO2S/c1-17-14-29-28(38-17)27(37)31-22-13-25(36)33(26(22)18-6-4-3-5-7-18)20-8-10-23-19(12-20)15-30-34(23)21-9-11-24(35)32(2)16-21;1-26-14-18(8-10-21(26)29)28-20-9-7-17(11-16(20)13-25-28)27-22(30)12-19(24)23(27)15-5-3-2-4-6-15;1-3-2-6-4(9-3)5(7)8/h3-12,14-16,22,26H,13H2,1-2H3,(H,31,37);2-11,13-14,19,23H,12,24H2,1H3;2H,1H3,(H,7,8)/t22-,26+;19-,23+;/m00./s1. The minimum absolute atomic E-state index is 0.0150. The second kappa shape index (κ2) is 21.6. The van der Waals surface area contributed by atoms with E-state index >= 15 is 0 Å². The summed E-state index contributed by atoms with van der Waals surface area (Å²) in [5.41, 5.74) is 12.9. The number of rotatable bonds is 9. The van der Waals surface area contributed by atoms with Crippen LogP contribution in [0.5, 0.6) is 0 Å². The highest BCUT2D eigenvalue weighted by atomic mass is 32.1. The van der Waals surface area contributed by atoms with Crippen molar-refractivity contribution in [3.8, 4) is 11.4 Å². The fourth-order valence-corrected chi connectivity index (χ4v) is 10.9. The third-order valence-corrected chi connectivity index (χ3v) is 15.0. The van der Waals surface area contributed by atoms with Crippen molar-refractivity contribution in [2.45, 2.75) is 50.9 Å². The molecule has 0 radical (unpaired) electrons. The Hall–Kier alpha value is -9.18. The number of amides is 3. The lowest BCUT2D eigenvalue weighted by Crippen LogP contribution is -2.40. The molecule has 12 rings (SSSR count). The first-order valence-electron chi connectivity index (χ1n) is 24.3. The van der Waals surface area contributed by atoms with E-state index in [4.69, 9.17) is 10.8 Å². The number of thiazole rings is 2. The number of carboxylic acids is 1. The van der Waals surface area contributed by atoms with Crippen LogP contribution in [0.15, 0.2) is 168 Å². The quantitative estimate of drug-likeness (QED) is 0.128. The largest absolute Gasteiger partial charge is 0.476 e. The van der Waals surface area contributed by atoms with Crippen LogP contribution in [0.25, 0.3) is 33.2 Å². The lowest BCUT2D eigenvalue weighted by Gasteiger charge is -2.29. The summed E-state index contributed by atoms with van der Waals surface area (Å²) in [4.78, 5) is 86.1. The van der Waals surface area contributed by atoms with E-state index in [-0.39, 0.29) is 58.4 Å². The summed E-state index contributed by atoms with van der Waals surface area (Å²) in [6.07, 6.45) is 10.7. The Labute approximate surface area is 447 Å². The van der Waals surface area contributed by atoms with E-state index in [1.165, 1.54) is 43.9 Å². The molecule has 2 aliphatic rings. The van der Waals surface area contributed by atoms with Crippen molar-refractivity contribution >= 4 is 79.5 Å². The van der Waals surface area contributed by atoms with E-state index in [2.05, 4.69) is 25.5 Å². The zero-order valence-electron chi connectivity index (χ0n) is 42.0. The van der Waals surface area contributed by atoms with E-state index in [0.717, 1.165) is 65.4 Å². The Morgan fingerprint density at radius 3 is 1.49 bits per heavy atom. The van der Waals surface area contributed by atoms with Gasteiger partial charge in [-0.05, 0) is 73.5 Å². The molecule has 0 bridgehead atoms. The van der Waals surface area contributed by atoms with Gasteiger partial charge < -0.3 is 35.1 Å². The van der Waals surface area contributed by atoms with Crippen molar-refractivity contribution < 1.29 is 24.3 Å². The molecule has 388 valence electrons. The highest BCUT2D eigenvalue weighted by Crippen LogP contribution is 2.40. The Kier molecular flexibility index (Phi) is 14.4. The highest BCUT2D eigenvalue weighted by molar-refractivity contribution is 7.13. The normalized spacial score (nSPS) is 17.1. The topological polar surface area (TPSA) is 238 Å². The molecule has 2 aliphatic heterocycles. The predicted molar refractivity (Wildman–Crippen MR) is 295 cm³/mol. The number of carbonyl (C=O) groups is 4. The summed E-state index contributed by atoms with van der Waals surface area (Å²) >= 11 is 2.51. The van der Waals surface area contributed by atoms with Gasteiger partial charge in [0.1, 0.15) is 0 Å². The minimum atomic E-state index is -0.951. The van der Waals surface area contributed by atoms with Gasteiger partial charge in [-0.3, -0.25) is 24.0 Å². The van der Waals surface area contributed by atoms with Crippen molar-refractivity contribution in [2.75, 3.05) is 9.80 Å². The molecular formula is C56H50N12O7S2. The van der Waals surface area contributed by atoms with Crippen LogP contribution in [-0.4, -0.2) is 79.5 Å². The number of benzene rings is 4. The second-order valence-electron chi connectivity index (χ2n) is 18.5. The molecule has 4 atom stereocenters. The Morgan fingerprint density at radius 1 is 0.584 bits per heavy atom. The van der Waals surface area contributed by atoms with Crippen molar-refractivity contribution in [3.05, 3.63) is 210 Å². The molecule has 4 N–H and O–H groups in total. The summed E-state index contributed by atoms with van der Waals surface area (Å²) in [6.45, 7) is 3.73. The van der Waals surface area contributed by atoms with Crippen LogP contribution >= 0.6 is 22.7 Å². The van der Waals surface area contributed by atoms with Crippen LogP contribution in [0.3, 0.4) is 0 Å². The first-order chi connectivity index (χ1) is 37.1. The molecule has 8 heterocycles. The maximum atomic E-state index is 13.4. The molecule has 4 aromatic carbocycles. The summed E-state index contributed by atoms with van der Waals surface area (Å²) in [5.74, 6) is -1.30. The van der Waals surface area contributed by atoms with Gasteiger partial charge in [0.15, 0.2) is 5.01 Å². The lowest BCUT2D eigenvalue weighted by atomic mass is 9.99. The number of pyridine rings is 2. The van der Waals surface area contributed by atoms with Gasteiger partial charge in [-0.25, -0.2) is 24.1 Å². The van der Waals surface area contributed by atoms with E-state index in [9.17, 15) is 28.8 Å². The summed E-state index contributed by atoms with van der Waals surface area (Å²) in [7, 11) is 3.41. The summed E-state index contributed by atoms with van der Waals surface area (Å²) in [6, 6.07) is 36.4. The molecule has 0 spiro atoms. The monoisotopic (exact) mass is 1070 g/mol. The number of nitrogens with zero attached hydrogens (tertiary/aromatic N) is 10. The SMILES string of the molecule is Cc1cnc(C(=O)N[C@H]2CC(=O)N(c3ccc4c(cnn4-c4ccc(=O)n(C)c4)c3)[C@@H]2c2ccccc2)s1.Cc1cnc(C(=O)O)s1.Cn1cc(-n2ncc3cc(N4C(=O)C[C@H](N)[C@H]4c4ccccc4)ccc32)ccc1=O. The third kappa shape index (κ3) is 10.6. The smallest absolute Gasteiger partial charge is 0.365 e. The zero-order valence-corrected chi connectivity index (χ0v) is 43.6. The number of nitrogens with one attached hydrogen (secondary N) is 1. The maximum absolute atomic E-state index is 13.4. The van der Waals surface area contributed by atoms with Crippen LogP contribution in [0.1, 0.15) is 65.4 Å². The van der Waals surface area contributed by atoms with E-state index in [1.54, 1.807) is 82.6 Å². The molecule has 0 aliphatic carbocycles. The fourth-order valence-electron chi connectivity index (χ4n) is 9.61. The van der Waals surface area contributed by atoms with Gasteiger partial charge in [-0.1, -0.05) is 60.7 Å².